The Bertz CT molecular complexity index is 720. The summed E-state index contributed by atoms with van der Waals surface area (Å²) in [6.45, 7) is 4.78. The van der Waals surface area contributed by atoms with Gasteiger partial charge in [-0.2, -0.15) is 0 Å². The van der Waals surface area contributed by atoms with Gasteiger partial charge in [-0.1, -0.05) is 13.8 Å². The van der Waals surface area contributed by atoms with Crippen molar-refractivity contribution in [2.24, 2.45) is 0 Å². The number of H-pyrrole nitrogens is 2. The number of aromatic nitrogens is 2. The molecule has 1 aromatic heterocycles. The topological polar surface area (TPSA) is 132 Å². The fourth-order valence-corrected chi connectivity index (χ4v) is 2.72. The zero-order chi connectivity index (χ0) is 17.6. The van der Waals surface area contributed by atoms with Gasteiger partial charge in [0.1, 0.15) is 0 Å². The molecule has 1 rings (SSSR count). The van der Waals surface area contributed by atoms with Gasteiger partial charge in [0.05, 0.1) is 18.2 Å². The van der Waals surface area contributed by atoms with E-state index in [4.69, 9.17) is 0 Å². The maximum atomic E-state index is 11.8. The fraction of sp³-hybridized carbons (Fsp3) is 0.500. The summed E-state index contributed by atoms with van der Waals surface area (Å²) in [6.07, 6.45) is 2.39. The van der Waals surface area contributed by atoms with Crippen LogP contribution in [0.25, 0.3) is 6.08 Å². The van der Waals surface area contributed by atoms with Crippen molar-refractivity contribution in [3.63, 3.8) is 0 Å². The molecule has 23 heavy (non-hydrogen) atoms. The number of aliphatic hydroxyl groups excluding tert-OH is 1. The number of aliphatic hydroxyl groups is 1. The number of amides is 1. The lowest BCUT2D eigenvalue weighted by Gasteiger charge is -2.16. The molecule has 9 heteroatoms. The van der Waals surface area contributed by atoms with Crippen molar-refractivity contribution in [1.82, 2.24) is 15.3 Å². The second-order valence-corrected chi connectivity index (χ2v) is 7.30. The van der Waals surface area contributed by atoms with Gasteiger partial charge in [0.15, 0.2) is 0 Å². The molecule has 2 atom stereocenters. The first-order chi connectivity index (χ1) is 10.7. The average Bonchev–Trinajstić information content (AvgIpc) is 2.44. The predicted molar refractivity (Wildman–Crippen MR) is 88.6 cm³/mol. The van der Waals surface area contributed by atoms with Crippen LogP contribution in [0.15, 0.2) is 15.7 Å². The van der Waals surface area contributed by atoms with Crippen LogP contribution in [0.4, 0.5) is 0 Å². The highest BCUT2D eigenvalue weighted by Gasteiger charge is 2.15. The third-order valence-electron chi connectivity index (χ3n) is 3.04. The van der Waals surface area contributed by atoms with Crippen molar-refractivity contribution in [3.8, 4) is 0 Å². The van der Waals surface area contributed by atoms with Crippen LogP contribution in [-0.4, -0.2) is 48.8 Å². The van der Waals surface area contributed by atoms with Crippen LogP contribution in [0.3, 0.4) is 0 Å². The molecule has 0 unspecified atom stereocenters. The van der Waals surface area contributed by atoms with Crippen LogP contribution in [0.1, 0.15) is 25.1 Å². The second kappa shape index (κ2) is 8.59. The van der Waals surface area contributed by atoms with Crippen molar-refractivity contribution in [1.29, 1.82) is 0 Å². The highest BCUT2D eigenvalue weighted by Crippen LogP contribution is 2.00. The summed E-state index contributed by atoms with van der Waals surface area (Å²) in [5.41, 5.74) is -0.728. The van der Waals surface area contributed by atoms with E-state index in [9.17, 15) is 23.7 Å². The van der Waals surface area contributed by atoms with Crippen LogP contribution in [0.5, 0.6) is 0 Å². The standard InChI is InChI=1S/C14H21N3O5S/c1-8(2)23(22)7-10(6-18)16-12(19)5-4-11-9(3)15-14(21)17-13(11)20/h4-5,8,10,18H,6-7H2,1-3H3,(H,16,19)(H2,15,17,20,21)/b5-4-/t10-,23+/m0/s1. The number of carbonyl (C=O) groups excluding carboxylic acids is 1. The van der Waals surface area contributed by atoms with E-state index in [2.05, 4.69) is 15.3 Å². The SMILES string of the molecule is Cc1[nH]c(=O)[nH]c(=O)c1/C=C\C(=O)N[C@@H](CO)C[S@@](=O)C(C)C. The lowest BCUT2D eigenvalue weighted by Crippen LogP contribution is -2.41. The Kier molecular flexibility index (Phi) is 7.11. The fourth-order valence-electron chi connectivity index (χ4n) is 1.75. The van der Waals surface area contributed by atoms with Gasteiger partial charge >= 0.3 is 5.69 Å². The third kappa shape index (κ3) is 5.95. The van der Waals surface area contributed by atoms with E-state index in [0.717, 1.165) is 6.08 Å². The number of aryl methyl sites for hydroxylation is 1. The summed E-state index contributed by atoms with van der Waals surface area (Å²) in [6, 6.07) is -0.634. The molecule has 1 aromatic rings. The van der Waals surface area contributed by atoms with Gasteiger partial charge in [-0.25, -0.2) is 4.79 Å². The molecule has 0 radical (unpaired) electrons. The zero-order valence-corrected chi connectivity index (χ0v) is 14.0. The molecule has 8 nitrogen and oxygen atoms in total. The maximum absolute atomic E-state index is 11.8. The highest BCUT2D eigenvalue weighted by molar-refractivity contribution is 7.85. The normalized spacial score (nSPS) is 14.1. The van der Waals surface area contributed by atoms with Gasteiger partial charge in [-0.05, 0) is 13.0 Å². The van der Waals surface area contributed by atoms with Crippen LogP contribution in [-0.2, 0) is 15.6 Å². The van der Waals surface area contributed by atoms with E-state index in [-0.39, 0.29) is 23.2 Å². The molecule has 0 bridgehead atoms. The van der Waals surface area contributed by atoms with E-state index < -0.39 is 34.0 Å². The van der Waals surface area contributed by atoms with Gasteiger partial charge in [-0.3, -0.25) is 18.8 Å². The van der Waals surface area contributed by atoms with Crippen LogP contribution in [0.2, 0.25) is 0 Å². The summed E-state index contributed by atoms with van der Waals surface area (Å²) < 4.78 is 11.7. The van der Waals surface area contributed by atoms with Crippen LogP contribution >= 0.6 is 0 Å². The molecular formula is C14H21N3O5S. The Balaban J connectivity index is 2.78. The predicted octanol–water partition coefficient (Wildman–Crippen LogP) is -0.981. The molecule has 4 N–H and O–H groups in total. The summed E-state index contributed by atoms with van der Waals surface area (Å²) in [4.78, 5) is 39.0. The number of aromatic amines is 2. The summed E-state index contributed by atoms with van der Waals surface area (Å²) in [5.74, 6) is -0.388. The second-order valence-electron chi connectivity index (χ2n) is 5.26. The molecule has 0 aliphatic heterocycles. The molecule has 0 spiro atoms. The largest absolute Gasteiger partial charge is 0.394 e. The molecule has 0 aliphatic rings. The number of hydrogen-bond acceptors (Lipinski definition) is 5. The molecular weight excluding hydrogens is 322 g/mol. The molecule has 1 amide bonds. The van der Waals surface area contributed by atoms with Gasteiger partial charge < -0.3 is 15.4 Å². The van der Waals surface area contributed by atoms with Crippen molar-refractivity contribution < 1.29 is 14.1 Å². The van der Waals surface area contributed by atoms with Gasteiger partial charge in [0, 0.05) is 33.6 Å². The minimum Gasteiger partial charge on any atom is -0.394 e. The van der Waals surface area contributed by atoms with Gasteiger partial charge in [0.25, 0.3) is 5.56 Å². The maximum Gasteiger partial charge on any atom is 0.325 e. The van der Waals surface area contributed by atoms with Crippen molar-refractivity contribution >= 4 is 22.8 Å². The number of carbonyl (C=O) groups is 1. The van der Waals surface area contributed by atoms with Gasteiger partial charge in [0.2, 0.25) is 5.91 Å². The Hall–Kier alpha value is -2.00. The Morgan fingerprint density at radius 3 is 2.52 bits per heavy atom. The van der Waals surface area contributed by atoms with Crippen molar-refractivity contribution in [3.05, 3.63) is 38.2 Å². The average molecular weight is 343 g/mol. The summed E-state index contributed by atoms with van der Waals surface area (Å²) in [5, 5.41) is 11.7. The molecule has 0 aliphatic carbocycles. The highest BCUT2D eigenvalue weighted by atomic mass is 32.2. The first-order valence-electron chi connectivity index (χ1n) is 7.04. The molecule has 1 heterocycles. The Morgan fingerprint density at radius 2 is 2.00 bits per heavy atom. The number of nitrogens with one attached hydrogen (secondary N) is 3. The summed E-state index contributed by atoms with van der Waals surface area (Å²) >= 11 is 0. The lowest BCUT2D eigenvalue weighted by molar-refractivity contribution is -0.117. The van der Waals surface area contributed by atoms with Crippen LogP contribution < -0.4 is 16.6 Å². The van der Waals surface area contributed by atoms with E-state index in [1.165, 1.54) is 13.0 Å². The molecule has 0 saturated carbocycles. The Morgan fingerprint density at radius 1 is 1.35 bits per heavy atom. The quantitative estimate of drug-likeness (QED) is 0.472. The number of hydrogen-bond donors (Lipinski definition) is 4. The first kappa shape index (κ1) is 19.0. The lowest BCUT2D eigenvalue weighted by atomic mass is 10.2. The smallest absolute Gasteiger partial charge is 0.325 e. The third-order valence-corrected chi connectivity index (χ3v) is 4.82. The summed E-state index contributed by atoms with van der Waals surface area (Å²) in [7, 11) is -1.16. The number of rotatable bonds is 7. The van der Waals surface area contributed by atoms with Crippen LogP contribution in [0, 0.1) is 6.92 Å². The monoisotopic (exact) mass is 343 g/mol. The van der Waals surface area contributed by atoms with E-state index in [1.54, 1.807) is 13.8 Å². The minimum absolute atomic E-state index is 0.0705. The van der Waals surface area contributed by atoms with E-state index in [0.29, 0.717) is 5.69 Å². The van der Waals surface area contributed by atoms with Gasteiger partial charge in [-0.15, -0.1) is 0 Å². The Labute approximate surface area is 135 Å². The van der Waals surface area contributed by atoms with Crippen molar-refractivity contribution in [2.45, 2.75) is 32.1 Å². The molecule has 128 valence electrons. The zero-order valence-electron chi connectivity index (χ0n) is 13.2. The molecule has 0 aromatic carbocycles. The van der Waals surface area contributed by atoms with E-state index in [1.807, 2.05) is 0 Å². The molecule has 0 saturated heterocycles. The first-order valence-corrected chi connectivity index (χ1v) is 8.42. The van der Waals surface area contributed by atoms with E-state index >= 15 is 0 Å². The van der Waals surface area contributed by atoms with Crippen molar-refractivity contribution in [2.75, 3.05) is 12.4 Å². The minimum atomic E-state index is -1.16. The molecule has 0 fully saturated rings.